The van der Waals surface area contributed by atoms with Crippen LogP contribution in [0.15, 0.2) is 0 Å². The van der Waals surface area contributed by atoms with Crippen LogP contribution in [0, 0.1) is 5.41 Å². The second kappa shape index (κ2) is 3.42. The Bertz CT molecular complexity index is 245. The molecule has 0 amide bonds. The fraction of sp³-hybridized carbons (Fsp3) is 1.00. The van der Waals surface area contributed by atoms with Crippen LogP contribution in [0.2, 0.25) is 0 Å². The zero-order valence-electron chi connectivity index (χ0n) is 9.45. The molecule has 4 nitrogen and oxygen atoms in total. The molecule has 2 N–H and O–H groups in total. The summed E-state index contributed by atoms with van der Waals surface area (Å²) in [5.41, 5.74) is -1.78. The highest BCUT2D eigenvalue weighted by atomic mass is 16.5. The van der Waals surface area contributed by atoms with Crippen molar-refractivity contribution in [2.75, 3.05) is 26.4 Å². The minimum atomic E-state index is -0.943. The highest BCUT2D eigenvalue weighted by molar-refractivity contribution is 5.07. The molecule has 4 heteroatoms. The summed E-state index contributed by atoms with van der Waals surface area (Å²) in [5, 5.41) is 20.1. The van der Waals surface area contributed by atoms with Crippen molar-refractivity contribution in [2.45, 2.75) is 37.9 Å². The van der Waals surface area contributed by atoms with Gasteiger partial charge in [0.05, 0.1) is 30.8 Å². The third-order valence-corrected chi connectivity index (χ3v) is 3.81. The molecule has 0 aromatic heterocycles. The van der Waals surface area contributed by atoms with E-state index in [0.29, 0.717) is 32.7 Å². The number of ether oxygens (including phenoxy) is 2. The van der Waals surface area contributed by atoms with Gasteiger partial charge in [0.15, 0.2) is 0 Å². The maximum atomic E-state index is 10.6. The summed E-state index contributed by atoms with van der Waals surface area (Å²) < 4.78 is 10.9. The van der Waals surface area contributed by atoms with Crippen molar-refractivity contribution >= 4 is 0 Å². The van der Waals surface area contributed by atoms with Gasteiger partial charge in [-0.05, 0) is 20.3 Å². The quantitative estimate of drug-likeness (QED) is 0.697. The molecule has 0 bridgehead atoms. The highest BCUT2D eigenvalue weighted by Crippen LogP contribution is 2.48. The molecular formula is C11H20O4. The third-order valence-electron chi connectivity index (χ3n) is 3.81. The number of aliphatic hydroxyl groups is 2. The van der Waals surface area contributed by atoms with Gasteiger partial charge in [0.25, 0.3) is 0 Å². The predicted molar refractivity (Wildman–Crippen MR) is 54.6 cm³/mol. The first kappa shape index (κ1) is 11.3. The average Bonchev–Trinajstić information content (AvgIpc) is 2.72. The lowest BCUT2D eigenvalue weighted by Crippen LogP contribution is -2.52. The van der Waals surface area contributed by atoms with Crippen molar-refractivity contribution in [1.82, 2.24) is 0 Å². The van der Waals surface area contributed by atoms with E-state index in [4.69, 9.17) is 9.47 Å². The van der Waals surface area contributed by atoms with Gasteiger partial charge in [-0.15, -0.1) is 0 Å². The molecule has 2 unspecified atom stereocenters. The molecule has 2 atom stereocenters. The lowest BCUT2D eigenvalue weighted by Gasteiger charge is -2.39. The SMILES string of the molecule is CC1(C)CC(O)(C2(CO)CCOC2)CO1. The number of aliphatic hydroxyl groups excluding tert-OH is 1. The van der Waals surface area contributed by atoms with Gasteiger partial charge in [0.2, 0.25) is 0 Å². The molecule has 2 saturated heterocycles. The molecule has 0 radical (unpaired) electrons. The van der Waals surface area contributed by atoms with Crippen LogP contribution in [0.3, 0.4) is 0 Å². The molecule has 15 heavy (non-hydrogen) atoms. The Morgan fingerprint density at radius 3 is 2.40 bits per heavy atom. The van der Waals surface area contributed by atoms with Crippen molar-refractivity contribution < 1.29 is 19.7 Å². The van der Waals surface area contributed by atoms with E-state index in [1.54, 1.807) is 0 Å². The fourth-order valence-corrected chi connectivity index (χ4v) is 2.71. The molecule has 0 saturated carbocycles. The molecular weight excluding hydrogens is 196 g/mol. The zero-order chi connectivity index (χ0) is 11.2. The maximum Gasteiger partial charge on any atom is 0.101 e. The van der Waals surface area contributed by atoms with Gasteiger partial charge in [0, 0.05) is 13.0 Å². The molecule has 2 aliphatic heterocycles. The van der Waals surface area contributed by atoms with Gasteiger partial charge in [-0.2, -0.15) is 0 Å². The Kier molecular flexibility index (Phi) is 2.58. The second-order valence-electron chi connectivity index (χ2n) is 5.50. The van der Waals surface area contributed by atoms with E-state index in [1.807, 2.05) is 13.8 Å². The summed E-state index contributed by atoms with van der Waals surface area (Å²) in [7, 11) is 0. The van der Waals surface area contributed by atoms with Gasteiger partial charge < -0.3 is 19.7 Å². The minimum Gasteiger partial charge on any atom is -0.396 e. The second-order valence-corrected chi connectivity index (χ2v) is 5.50. The van der Waals surface area contributed by atoms with Crippen LogP contribution in [0.5, 0.6) is 0 Å². The molecule has 2 rings (SSSR count). The van der Waals surface area contributed by atoms with E-state index < -0.39 is 11.0 Å². The fourth-order valence-electron chi connectivity index (χ4n) is 2.71. The van der Waals surface area contributed by atoms with Gasteiger partial charge in [-0.25, -0.2) is 0 Å². The number of hydrogen-bond acceptors (Lipinski definition) is 4. The van der Waals surface area contributed by atoms with E-state index in [1.165, 1.54) is 0 Å². The molecule has 0 aliphatic carbocycles. The van der Waals surface area contributed by atoms with Crippen molar-refractivity contribution in [2.24, 2.45) is 5.41 Å². The summed E-state index contributed by atoms with van der Waals surface area (Å²) in [5.74, 6) is 0. The van der Waals surface area contributed by atoms with E-state index in [0.717, 1.165) is 0 Å². The maximum absolute atomic E-state index is 10.6. The summed E-state index contributed by atoms with van der Waals surface area (Å²) in [4.78, 5) is 0. The first-order valence-electron chi connectivity index (χ1n) is 5.48. The van der Waals surface area contributed by atoms with Crippen LogP contribution < -0.4 is 0 Å². The van der Waals surface area contributed by atoms with Crippen molar-refractivity contribution in [3.63, 3.8) is 0 Å². The monoisotopic (exact) mass is 216 g/mol. The van der Waals surface area contributed by atoms with Crippen LogP contribution in [0.4, 0.5) is 0 Å². The van der Waals surface area contributed by atoms with Gasteiger partial charge in [0.1, 0.15) is 5.60 Å². The molecule has 2 fully saturated rings. The Hall–Kier alpha value is -0.160. The lowest BCUT2D eigenvalue weighted by atomic mass is 9.69. The Labute approximate surface area is 90.2 Å². The summed E-state index contributed by atoms with van der Waals surface area (Å²) in [6.45, 7) is 5.23. The first-order valence-corrected chi connectivity index (χ1v) is 5.48. The van der Waals surface area contributed by atoms with Crippen molar-refractivity contribution in [1.29, 1.82) is 0 Å². The Morgan fingerprint density at radius 1 is 1.27 bits per heavy atom. The minimum absolute atomic E-state index is 0.0388. The molecule has 0 spiro atoms. The van der Waals surface area contributed by atoms with E-state index in [9.17, 15) is 10.2 Å². The van der Waals surface area contributed by atoms with Crippen molar-refractivity contribution in [3.8, 4) is 0 Å². The highest BCUT2D eigenvalue weighted by Gasteiger charge is 2.58. The molecule has 88 valence electrons. The van der Waals surface area contributed by atoms with E-state index in [2.05, 4.69) is 0 Å². The Morgan fingerprint density at radius 2 is 2.00 bits per heavy atom. The lowest BCUT2D eigenvalue weighted by molar-refractivity contribution is -0.111. The average molecular weight is 216 g/mol. The zero-order valence-corrected chi connectivity index (χ0v) is 9.45. The normalized spacial score (nSPS) is 44.8. The van der Waals surface area contributed by atoms with Gasteiger partial charge in [-0.3, -0.25) is 0 Å². The molecule has 0 aromatic carbocycles. The molecule has 0 aromatic rings. The molecule has 2 aliphatic rings. The first-order chi connectivity index (χ1) is 6.93. The smallest absolute Gasteiger partial charge is 0.101 e. The number of hydrogen-bond donors (Lipinski definition) is 2. The Balaban J connectivity index is 2.21. The van der Waals surface area contributed by atoms with Crippen LogP contribution >= 0.6 is 0 Å². The van der Waals surface area contributed by atoms with Crippen LogP contribution in [-0.4, -0.2) is 47.8 Å². The van der Waals surface area contributed by atoms with Gasteiger partial charge >= 0.3 is 0 Å². The van der Waals surface area contributed by atoms with E-state index >= 15 is 0 Å². The summed E-state index contributed by atoms with van der Waals surface area (Å²) in [6.07, 6.45) is 1.27. The molecule has 2 heterocycles. The summed E-state index contributed by atoms with van der Waals surface area (Å²) in [6, 6.07) is 0. The van der Waals surface area contributed by atoms with Crippen LogP contribution in [-0.2, 0) is 9.47 Å². The van der Waals surface area contributed by atoms with Crippen molar-refractivity contribution in [3.05, 3.63) is 0 Å². The van der Waals surface area contributed by atoms with E-state index in [-0.39, 0.29) is 12.2 Å². The predicted octanol–water partition coefficient (Wildman–Crippen LogP) is 0.315. The third kappa shape index (κ3) is 1.69. The topological polar surface area (TPSA) is 58.9 Å². The largest absolute Gasteiger partial charge is 0.396 e. The van der Waals surface area contributed by atoms with Crippen LogP contribution in [0.1, 0.15) is 26.7 Å². The number of rotatable bonds is 2. The van der Waals surface area contributed by atoms with Gasteiger partial charge in [-0.1, -0.05) is 0 Å². The standard InChI is InChI=1S/C11H20O4/c1-9(2)5-11(13,8-15-9)10(6-12)3-4-14-7-10/h12-13H,3-8H2,1-2H3. The van der Waals surface area contributed by atoms with Crippen LogP contribution in [0.25, 0.3) is 0 Å². The summed E-state index contributed by atoms with van der Waals surface area (Å²) >= 11 is 0.